The Bertz CT molecular complexity index is 736. The molecule has 0 spiro atoms. The van der Waals surface area contributed by atoms with Gasteiger partial charge in [-0.25, -0.2) is 0 Å². The first-order chi connectivity index (χ1) is 9.13. The largest absolute Gasteiger partial charge is 0.507 e. The molecule has 2 heterocycles. The molecule has 0 aliphatic rings. The Kier molecular flexibility index (Phi) is 2.76. The molecule has 0 amide bonds. The van der Waals surface area contributed by atoms with Gasteiger partial charge in [-0.1, -0.05) is 11.3 Å². The van der Waals surface area contributed by atoms with Gasteiger partial charge >= 0.3 is 0 Å². The van der Waals surface area contributed by atoms with Gasteiger partial charge in [0.15, 0.2) is 10.1 Å². The lowest BCUT2D eigenvalue weighted by molar-refractivity contribution is 0.477. The third-order valence-corrected chi connectivity index (χ3v) is 3.43. The maximum Gasteiger partial charge on any atom is 0.234 e. The van der Waals surface area contributed by atoms with E-state index in [1.165, 1.54) is 17.7 Å². The van der Waals surface area contributed by atoms with Crippen molar-refractivity contribution in [1.29, 1.82) is 0 Å². The molecule has 0 atom stereocenters. The van der Waals surface area contributed by atoms with Crippen LogP contribution in [-0.2, 0) is 0 Å². The van der Waals surface area contributed by atoms with Crippen molar-refractivity contribution in [3.8, 4) is 16.3 Å². The first-order valence-corrected chi connectivity index (χ1v) is 6.42. The lowest BCUT2D eigenvalue weighted by Gasteiger charge is -2.06. The van der Waals surface area contributed by atoms with E-state index < -0.39 is 0 Å². The summed E-state index contributed by atoms with van der Waals surface area (Å²) in [6.45, 7) is 0. The fourth-order valence-electron chi connectivity index (χ4n) is 1.60. The molecule has 9 heteroatoms. The predicted molar refractivity (Wildman–Crippen MR) is 76.2 cm³/mol. The first kappa shape index (κ1) is 11.8. The third kappa shape index (κ3) is 2.20. The number of nitrogens with two attached hydrogens (primary N) is 1. The lowest BCUT2D eigenvalue weighted by atomic mass is 10.2. The number of anilines is 1. The number of aromatic hydroxyl groups is 1. The Morgan fingerprint density at radius 3 is 3.05 bits per heavy atom. The van der Waals surface area contributed by atoms with Crippen LogP contribution >= 0.6 is 23.6 Å². The van der Waals surface area contributed by atoms with Crippen molar-refractivity contribution in [1.82, 2.24) is 19.8 Å². The highest BCUT2D eigenvalue weighted by molar-refractivity contribution is 7.80. The SMILES string of the molecule is NC(=S)Nc1ccc(O)c(-c2nn3cnnc3s2)c1. The van der Waals surface area contributed by atoms with Crippen molar-refractivity contribution in [2.45, 2.75) is 0 Å². The molecule has 1 aromatic carbocycles. The molecule has 0 bridgehead atoms. The average molecular weight is 292 g/mol. The van der Waals surface area contributed by atoms with Crippen LogP contribution < -0.4 is 11.1 Å². The summed E-state index contributed by atoms with van der Waals surface area (Å²) in [5.74, 6) is 0.124. The highest BCUT2D eigenvalue weighted by Gasteiger charge is 2.12. The summed E-state index contributed by atoms with van der Waals surface area (Å²) in [6, 6.07) is 4.96. The smallest absolute Gasteiger partial charge is 0.234 e. The molecule has 3 rings (SSSR count). The Balaban J connectivity index is 2.07. The Labute approximate surface area is 116 Å². The van der Waals surface area contributed by atoms with E-state index >= 15 is 0 Å². The van der Waals surface area contributed by atoms with E-state index in [0.717, 1.165) is 0 Å². The quantitative estimate of drug-likeness (QED) is 0.482. The van der Waals surface area contributed by atoms with E-state index in [-0.39, 0.29) is 10.9 Å². The zero-order valence-electron chi connectivity index (χ0n) is 9.44. The fraction of sp³-hybridized carbons (Fsp3) is 0. The molecule has 0 fully saturated rings. The molecule has 0 radical (unpaired) electrons. The van der Waals surface area contributed by atoms with E-state index in [4.69, 9.17) is 18.0 Å². The van der Waals surface area contributed by atoms with Gasteiger partial charge < -0.3 is 16.2 Å². The minimum absolute atomic E-state index is 0.124. The van der Waals surface area contributed by atoms with E-state index in [0.29, 0.717) is 21.2 Å². The van der Waals surface area contributed by atoms with Crippen LogP contribution in [0.3, 0.4) is 0 Å². The minimum atomic E-state index is 0.124. The molecule has 19 heavy (non-hydrogen) atoms. The first-order valence-electron chi connectivity index (χ1n) is 5.20. The summed E-state index contributed by atoms with van der Waals surface area (Å²) in [5, 5.41) is 25.4. The van der Waals surface area contributed by atoms with E-state index in [2.05, 4.69) is 20.6 Å². The molecular formula is C10H8N6OS2. The Hall–Kier alpha value is -2.26. The second-order valence-electron chi connectivity index (χ2n) is 3.69. The van der Waals surface area contributed by atoms with Gasteiger partial charge in [-0.3, -0.25) is 0 Å². The molecule has 0 saturated carbocycles. The molecule has 0 saturated heterocycles. The molecule has 3 aromatic rings. The van der Waals surface area contributed by atoms with Crippen molar-refractivity contribution >= 4 is 39.3 Å². The van der Waals surface area contributed by atoms with Crippen LogP contribution in [0.4, 0.5) is 5.69 Å². The number of benzene rings is 1. The van der Waals surface area contributed by atoms with Gasteiger partial charge in [0.25, 0.3) is 0 Å². The van der Waals surface area contributed by atoms with Crippen molar-refractivity contribution in [2.24, 2.45) is 5.73 Å². The summed E-state index contributed by atoms with van der Waals surface area (Å²) in [6.07, 6.45) is 1.50. The van der Waals surface area contributed by atoms with E-state index in [9.17, 15) is 5.11 Å². The summed E-state index contributed by atoms with van der Waals surface area (Å²) in [7, 11) is 0. The second kappa shape index (κ2) is 4.44. The highest BCUT2D eigenvalue weighted by atomic mass is 32.1. The number of hydrogen-bond donors (Lipinski definition) is 3. The van der Waals surface area contributed by atoms with Crippen LogP contribution in [0.5, 0.6) is 5.75 Å². The number of aromatic nitrogens is 4. The van der Waals surface area contributed by atoms with Gasteiger partial charge in [0, 0.05) is 5.69 Å². The highest BCUT2D eigenvalue weighted by Crippen LogP contribution is 2.34. The summed E-state index contributed by atoms with van der Waals surface area (Å²) >= 11 is 6.10. The zero-order chi connectivity index (χ0) is 13.4. The molecule has 7 nitrogen and oxygen atoms in total. The monoisotopic (exact) mass is 292 g/mol. The van der Waals surface area contributed by atoms with Gasteiger partial charge in [-0.05, 0) is 30.4 Å². The van der Waals surface area contributed by atoms with E-state index in [1.807, 2.05) is 0 Å². The average Bonchev–Trinajstić information content (AvgIpc) is 2.91. The molecule has 96 valence electrons. The van der Waals surface area contributed by atoms with Crippen molar-refractivity contribution in [3.05, 3.63) is 24.5 Å². The van der Waals surface area contributed by atoms with Gasteiger partial charge in [-0.15, -0.1) is 10.2 Å². The van der Waals surface area contributed by atoms with E-state index in [1.54, 1.807) is 22.7 Å². The molecule has 2 aromatic heterocycles. The van der Waals surface area contributed by atoms with Crippen LogP contribution in [0, 0.1) is 0 Å². The predicted octanol–water partition coefficient (Wildman–Crippen LogP) is 1.21. The maximum atomic E-state index is 9.91. The maximum absolute atomic E-state index is 9.91. The number of nitrogens with one attached hydrogen (secondary N) is 1. The second-order valence-corrected chi connectivity index (χ2v) is 5.08. The number of nitrogens with zero attached hydrogens (tertiary/aromatic N) is 4. The topological polar surface area (TPSA) is 101 Å². The Morgan fingerprint density at radius 1 is 1.47 bits per heavy atom. The van der Waals surface area contributed by atoms with Crippen molar-refractivity contribution in [3.63, 3.8) is 0 Å². The number of phenols is 1. The molecule has 0 unspecified atom stereocenters. The zero-order valence-corrected chi connectivity index (χ0v) is 11.1. The van der Waals surface area contributed by atoms with Crippen LogP contribution in [0.25, 0.3) is 15.5 Å². The van der Waals surface area contributed by atoms with Crippen LogP contribution in [0.2, 0.25) is 0 Å². The molecule has 0 aliphatic heterocycles. The number of hydrogen-bond acceptors (Lipinski definition) is 6. The standard InChI is InChI=1S/C10H8N6OS2/c11-9(18)13-5-1-2-7(17)6(3-5)8-15-16-4-12-14-10(16)19-8/h1-4,17H,(H3,11,13,18). The molecule has 4 N–H and O–H groups in total. The summed E-state index contributed by atoms with van der Waals surface area (Å²) in [5.41, 5.74) is 6.69. The van der Waals surface area contributed by atoms with Gasteiger partial charge in [0.1, 0.15) is 12.1 Å². The molecular weight excluding hydrogens is 284 g/mol. The number of thiocarbonyl (C=S) groups is 1. The van der Waals surface area contributed by atoms with Gasteiger partial charge in [0.2, 0.25) is 4.96 Å². The van der Waals surface area contributed by atoms with Crippen LogP contribution in [0.15, 0.2) is 24.5 Å². The molecule has 0 aliphatic carbocycles. The van der Waals surface area contributed by atoms with Crippen molar-refractivity contribution in [2.75, 3.05) is 5.32 Å². The number of fused-ring (bicyclic) bond motifs is 1. The lowest BCUT2D eigenvalue weighted by Crippen LogP contribution is -2.18. The fourth-order valence-corrected chi connectivity index (χ4v) is 2.56. The third-order valence-electron chi connectivity index (χ3n) is 2.38. The minimum Gasteiger partial charge on any atom is -0.507 e. The number of phenolic OH excluding ortho intramolecular Hbond substituents is 1. The number of rotatable bonds is 2. The van der Waals surface area contributed by atoms with Gasteiger partial charge in [-0.2, -0.15) is 9.61 Å². The normalized spacial score (nSPS) is 10.7. The van der Waals surface area contributed by atoms with Crippen LogP contribution in [0.1, 0.15) is 0 Å². The Morgan fingerprint density at radius 2 is 2.32 bits per heavy atom. The van der Waals surface area contributed by atoms with Crippen molar-refractivity contribution < 1.29 is 5.11 Å². The van der Waals surface area contributed by atoms with Gasteiger partial charge in [0.05, 0.1) is 5.56 Å². The summed E-state index contributed by atoms with van der Waals surface area (Å²) in [4.78, 5) is 0.655. The van der Waals surface area contributed by atoms with Crippen LogP contribution in [-0.4, -0.2) is 30.0 Å². The summed E-state index contributed by atoms with van der Waals surface area (Å²) < 4.78 is 1.55.